The van der Waals surface area contributed by atoms with Crippen LogP contribution in [0.25, 0.3) is 5.69 Å². The lowest BCUT2D eigenvalue weighted by Crippen LogP contribution is -2.75. The van der Waals surface area contributed by atoms with E-state index >= 15 is 0 Å². The molecule has 214 valence electrons. The molecule has 2 saturated heterocycles. The number of hydrogen-bond donors (Lipinski definition) is 2. The highest BCUT2D eigenvalue weighted by Crippen LogP contribution is 2.36. The highest BCUT2D eigenvalue weighted by atomic mass is 16.3. The molecule has 1 spiro atoms. The van der Waals surface area contributed by atoms with Gasteiger partial charge in [-0.2, -0.15) is 5.10 Å². The minimum absolute atomic E-state index is 0.0466. The van der Waals surface area contributed by atoms with Gasteiger partial charge in [0.15, 0.2) is 0 Å². The molecular formula is C32H43N5O3. The molecule has 0 radical (unpaired) electrons. The van der Waals surface area contributed by atoms with E-state index in [1.807, 2.05) is 4.68 Å². The highest BCUT2D eigenvalue weighted by Gasteiger charge is 2.55. The lowest BCUT2D eigenvalue weighted by molar-refractivity contribution is -0.164. The Balaban J connectivity index is 1.31. The minimum Gasteiger partial charge on any atom is -0.390 e. The molecule has 5 rings (SSSR count). The molecule has 40 heavy (non-hydrogen) atoms. The number of carbonyl (C=O) groups is 2. The summed E-state index contributed by atoms with van der Waals surface area (Å²) in [5.74, 6) is 5.63. The lowest BCUT2D eigenvalue weighted by Gasteiger charge is -2.52. The molecule has 8 heteroatoms. The molecule has 2 amide bonds. The van der Waals surface area contributed by atoms with Gasteiger partial charge in [-0.25, -0.2) is 4.68 Å². The van der Waals surface area contributed by atoms with E-state index < -0.39 is 17.7 Å². The molecule has 3 aliphatic rings. The number of rotatable bonds is 6. The molecule has 1 aromatic heterocycles. The largest absolute Gasteiger partial charge is 0.390 e. The molecule has 0 bridgehead atoms. The molecular weight excluding hydrogens is 502 g/mol. The number of piperazine rings is 1. The normalized spacial score (nSPS) is 22.6. The summed E-state index contributed by atoms with van der Waals surface area (Å²) in [5, 5.41) is 19.0. The number of hydrogen-bond acceptors (Lipinski definition) is 5. The Bertz CT molecular complexity index is 1290. The van der Waals surface area contributed by atoms with Crippen LogP contribution in [0.5, 0.6) is 0 Å². The van der Waals surface area contributed by atoms with E-state index in [4.69, 9.17) is 5.10 Å². The predicted octanol–water partition coefficient (Wildman–Crippen LogP) is 3.42. The van der Waals surface area contributed by atoms with Crippen molar-refractivity contribution in [3.8, 4) is 17.5 Å². The van der Waals surface area contributed by atoms with E-state index in [-0.39, 0.29) is 24.3 Å². The zero-order valence-electron chi connectivity index (χ0n) is 24.4. The number of carbonyl (C=O) groups excluding carboxylic acids is 2. The molecule has 2 aromatic rings. The van der Waals surface area contributed by atoms with Gasteiger partial charge in [0.05, 0.1) is 24.0 Å². The summed E-state index contributed by atoms with van der Waals surface area (Å²) in [6, 6.07) is 7.48. The fraction of sp³-hybridized carbons (Fsp3) is 0.594. The molecule has 2 N–H and O–H groups in total. The maximum atomic E-state index is 13.8. The molecule has 3 heterocycles. The Morgan fingerprint density at radius 2 is 1.75 bits per heavy atom. The summed E-state index contributed by atoms with van der Waals surface area (Å²) in [6.45, 7) is 10.3. The first-order chi connectivity index (χ1) is 19.2. The van der Waals surface area contributed by atoms with Crippen LogP contribution in [0, 0.1) is 38.5 Å². The van der Waals surface area contributed by atoms with Crippen LogP contribution in [0.3, 0.4) is 0 Å². The molecule has 2 atom stereocenters. The number of nitrogens with one attached hydrogen (secondary N) is 1. The molecule has 1 saturated carbocycles. The van der Waals surface area contributed by atoms with E-state index in [2.05, 4.69) is 67.1 Å². The first-order valence-electron chi connectivity index (χ1n) is 14.8. The fourth-order valence-electron chi connectivity index (χ4n) is 6.85. The number of likely N-dealkylation sites (tertiary alicyclic amines) is 1. The Kier molecular flexibility index (Phi) is 8.34. The third kappa shape index (κ3) is 5.29. The molecule has 1 aliphatic carbocycles. The summed E-state index contributed by atoms with van der Waals surface area (Å²) in [7, 11) is 0. The molecule has 2 aliphatic heterocycles. The van der Waals surface area contributed by atoms with E-state index in [1.54, 1.807) is 11.8 Å². The van der Waals surface area contributed by atoms with Gasteiger partial charge in [0, 0.05) is 30.9 Å². The van der Waals surface area contributed by atoms with Gasteiger partial charge in [-0.3, -0.25) is 14.5 Å². The third-order valence-corrected chi connectivity index (χ3v) is 9.43. The lowest BCUT2D eigenvalue weighted by atomic mass is 9.78. The Labute approximate surface area is 238 Å². The van der Waals surface area contributed by atoms with Crippen LogP contribution in [0.1, 0.15) is 74.4 Å². The zero-order chi connectivity index (χ0) is 28.4. The van der Waals surface area contributed by atoms with Crippen molar-refractivity contribution in [2.75, 3.05) is 19.6 Å². The van der Waals surface area contributed by atoms with Crippen molar-refractivity contribution in [3.63, 3.8) is 0 Å². The summed E-state index contributed by atoms with van der Waals surface area (Å²) in [5.41, 5.74) is 4.65. The van der Waals surface area contributed by atoms with E-state index in [1.165, 1.54) is 11.1 Å². The van der Waals surface area contributed by atoms with Crippen LogP contribution in [-0.2, 0) is 16.1 Å². The SMILES string of the molecule is CC#CCN1C(=O)C(C(O)C2CCCCC2)NC(=O)C12CCN(Cc1c(C)nn(-c3ccc(C)cc3)c1C)CC2. The van der Waals surface area contributed by atoms with Gasteiger partial charge in [-0.1, -0.05) is 42.9 Å². The number of aliphatic hydroxyl groups excluding tert-OH is 1. The molecule has 3 fully saturated rings. The van der Waals surface area contributed by atoms with E-state index in [0.29, 0.717) is 25.9 Å². The molecule has 1 aromatic carbocycles. The van der Waals surface area contributed by atoms with Crippen LogP contribution < -0.4 is 5.32 Å². The summed E-state index contributed by atoms with van der Waals surface area (Å²) in [4.78, 5) is 31.6. The van der Waals surface area contributed by atoms with Gasteiger partial charge >= 0.3 is 0 Å². The van der Waals surface area contributed by atoms with Crippen molar-refractivity contribution in [3.05, 3.63) is 46.8 Å². The molecule has 2 unspecified atom stereocenters. The van der Waals surface area contributed by atoms with Crippen molar-refractivity contribution in [2.24, 2.45) is 5.92 Å². The number of aryl methyl sites for hydroxylation is 2. The molecule has 8 nitrogen and oxygen atoms in total. The first kappa shape index (κ1) is 28.4. The summed E-state index contributed by atoms with van der Waals surface area (Å²) >= 11 is 0. The maximum absolute atomic E-state index is 13.8. The van der Waals surface area contributed by atoms with Crippen molar-refractivity contribution >= 4 is 11.8 Å². The van der Waals surface area contributed by atoms with Gasteiger partial charge in [0.2, 0.25) is 11.8 Å². The average Bonchev–Trinajstić information content (AvgIpc) is 3.25. The van der Waals surface area contributed by atoms with Crippen LogP contribution in [0.4, 0.5) is 0 Å². The van der Waals surface area contributed by atoms with Gasteiger partial charge in [-0.15, -0.1) is 5.92 Å². The van der Waals surface area contributed by atoms with Crippen molar-refractivity contribution in [2.45, 2.75) is 96.9 Å². The van der Waals surface area contributed by atoms with Crippen molar-refractivity contribution in [1.82, 2.24) is 24.9 Å². The van der Waals surface area contributed by atoms with Crippen LogP contribution in [-0.4, -0.2) is 73.8 Å². The van der Waals surface area contributed by atoms with Crippen LogP contribution in [0.15, 0.2) is 24.3 Å². The second-order valence-corrected chi connectivity index (χ2v) is 11.9. The summed E-state index contributed by atoms with van der Waals surface area (Å²) < 4.78 is 2.01. The quantitative estimate of drug-likeness (QED) is 0.543. The van der Waals surface area contributed by atoms with Crippen molar-refractivity contribution in [1.29, 1.82) is 0 Å². The third-order valence-electron chi connectivity index (χ3n) is 9.43. The predicted molar refractivity (Wildman–Crippen MR) is 155 cm³/mol. The van der Waals surface area contributed by atoms with Crippen molar-refractivity contribution < 1.29 is 14.7 Å². The van der Waals surface area contributed by atoms with E-state index in [9.17, 15) is 14.7 Å². The van der Waals surface area contributed by atoms with Crippen LogP contribution >= 0.6 is 0 Å². The standard InChI is InChI=1S/C32H43N5O3/c1-5-6-18-36-30(39)28(29(38)25-10-8-7-9-11-25)33-31(40)32(36)16-19-35(20-17-32)21-27-23(3)34-37(24(27)4)26-14-12-22(2)13-15-26/h12-15,25,28-29,38H,7-11,16-21H2,1-4H3,(H,33,40). The van der Waals surface area contributed by atoms with Crippen LogP contribution in [0.2, 0.25) is 0 Å². The minimum atomic E-state index is -0.934. The number of aromatic nitrogens is 2. The first-order valence-corrected chi connectivity index (χ1v) is 14.8. The van der Waals surface area contributed by atoms with Gasteiger partial charge in [0.25, 0.3) is 0 Å². The summed E-state index contributed by atoms with van der Waals surface area (Å²) in [6.07, 6.45) is 5.29. The van der Waals surface area contributed by atoms with Gasteiger partial charge in [0.1, 0.15) is 11.6 Å². The maximum Gasteiger partial charge on any atom is 0.249 e. The topological polar surface area (TPSA) is 90.7 Å². The Morgan fingerprint density at radius 3 is 2.40 bits per heavy atom. The Hall–Kier alpha value is -3.15. The number of piperidine rings is 1. The zero-order valence-corrected chi connectivity index (χ0v) is 24.4. The number of amides is 2. The Morgan fingerprint density at radius 1 is 1.07 bits per heavy atom. The second kappa shape index (κ2) is 11.8. The number of benzene rings is 1. The van der Waals surface area contributed by atoms with Gasteiger partial charge in [-0.05, 0) is 71.4 Å². The number of aliphatic hydroxyl groups is 1. The smallest absolute Gasteiger partial charge is 0.249 e. The monoisotopic (exact) mass is 545 g/mol. The second-order valence-electron chi connectivity index (χ2n) is 11.9. The van der Waals surface area contributed by atoms with E-state index in [0.717, 1.165) is 55.7 Å². The fourth-order valence-corrected chi connectivity index (χ4v) is 6.85. The average molecular weight is 546 g/mol. The van der Waals surface area contributed by atoms with Gasteiger partial charge < -0.3 is 15.3 Å². The number of nitrogens with zero attached hydrogens (tertiary/aromatic N) is 4. The highest BCUT2D eigenvalue weighted by molar-refractivity contribution is 6.00.